The molecular weight excluding hydrogens is 282 g/mol. The van der Waals surface area contributed by atoms with Gasteiger partial charge in [0, 0.05) is 18.7 Å². The first-order valence-corrected chi connectivity index (χ1v) is 7.63. The molecule has 1 heterocycles. The first kappa shape index (κ1) is 14.0. The van der Waals surface area contributed by atoms with Crippen molar-refractivity contribution >= 4 is 24.2 Å². The molecule has 21 heavy (non-hydrogen) atoms. The van der Waals surface area contributed by atoms with Crippen LogP contribution in [-0.4, -0.2) is 18.2 Å². The van der Waals surface area contributed by atoms with Crippen LogP contribution < -0.4 is 9.64 Å². The van der Waals surface area contributed by atoms with Crippen molar-refractivity contribution in [3.63, 3.8) is 0 Å². The van der Waals surface area contributed by atoms with Crippen molar-refractivity contribution in [1.82, 2.24) is 0 Å². The third kappa shape index (κ3) is 3.22. The molecule has 1 saturated heterocycles. The molecule has 1 aliphatic rings. The minimum atomic E-state index is 0.172. The van der Waals surface area contributed by atoms with Gasteiger partial charge in [0.25, 0.3) is 0 Å². The Morgan fingerprint density at radius 1 is 1.05 bits per heavy atom. The number of hydrogen-bond acceptors (Lipinski definition) is 3. The standard InChI is InChI=1S/C17H17NO2S/c19-17-10-13(12-21)11-18(17)14-6-8-16(9-7-14)20-15-4-2-1-3-5-15/h1-9,13,21H,10-12H2. The summed E-state index contributed by atoms with van der Waals surface area (Å²) in [6, 6.07) is 17.3. The van der Waals surface area contributed by atoms with Gasteiger partial charge in [0.05, 0.1) is 0 Å². The van der Waals surface area contributed by atoms with Crippen LogP contribution >= 0.6 is 12.6 Å². The van der Waals surface area contributed by atoms with Crippen molar-refractivity contribution < 1.29 is 9.53 Å². The van der Waals surface area contributed by atoms with Crippen molar-refractivity contribution in [2.24, 2.45) is 5.92 Å². The van der Waals surface area contributed by atoms with E-state index in [4.69, 9.17) is 4.74 Å². The number of nitrogens with zero attached hydrogens (tertiary/aromatic N) is 1. The normalized spacial score (nSPS) is 18.0. The molecule has 1 unspecified atom stereocenters. The fourth-order valence-electron chi connectivity index (χ4n) is 2.47. The fraction of sp³-hybridized carbons (Fsp3) is 0.235. The number of carbonyl (C=O) groups is 1. The van der Waals surface area contributed by atoms with Gasteiger partial charge in [0.15, 0.2) is 0 Å². The highest BCUT2D eigenvalue weighted by Gasteiger charge is 2.29. The number of carbonyl (C=O) groups excluding carboxylic acids is 1. The number of thiol groups is 1. The first-order valence-electron chi connectivity index (χ1n) is 7.00. The molecule has 1 amide bonds. The Balaban J connectivity index is 1.71. The van der Waals surface area contributed by atoms with Crippen molar-refractivity contribution in [2.45, 2.75) is 6.42 Å². The Kier molecular flexibility index (Phi) is 4.15. The van der Waals surface area contributed by atoms with Crippen LogP contribution in [0.2, 0.25) is 0 Å². The molecular formula is C17H17NO2S. The quantitative estimate of drug-likeness (QED) is 0.871. The SMILES string of the molecule is O=C1CC(CS)CN1c1ccc(Oc2ccccc2)cc1. The molecule has 0 spiro atoms. The number of ether oxygens (including phenoxy) is 1. The molecule has 3 rings (SSSR count). The van der Waals surface area contributed by atoms with E-state index in [0.717, 1.165) is 29.5 Å². The number of hydrogen-bond donors (Lipinski definition) is 1. The smallest absolute Gasteiger partial charge is 0.227 e. The number of amides is 1. The van der Waals surface area contributed by atoms with E-state index >= 15 is 0 Å². The summed E-state index contributed by atoms with van der Waals surface area (Å²) in [6.45, 7) is 0.751. The Hall–Kier alpha value is -1.94. The lowest BCUT2D eigenvalue weighted by Crippen LogP contribution is -2.24. The molecule has 4 heteroatoms. The number of rotatable bonds is 4. The highest BCUT2D eigenvalue weighted by atomic mass is 32.1. The summed E-state index contributed by atoms with van der Waals surface area (Å²) in [4.78, 5) is 13.8. The number of para-hydroxylation sites is 1. The zero-order valence-corrected chi connectivity index (χ0v) is 12.5. The lowest BCUT2D eigenvalue weighted by molar-refractivity contribution is -0.117. The molecule has 0 N–H and O–H groups in total. The van der Waals surface area contributed by atoms with Crippen LogP contribution in [0.4, 0.5) is 5.69 Å². The number of benzene rings is 2. The third-order valence-electron chi connectivity index (χ3n) is 3.59. The Morgan fingerprint density at radius 2 is 1.71 bits per heavy atom. The molecule has 0 aliphatic carbocycles. The van der Waals surface area contributed by atoms with E-state index in [2.05, 4.69) is 12.6 Å². The van der Waals surface area contributed by atoms with Crippen molar-refractivity contribution in [1.29, 1.82) is 0 Å². The van der Waals surface area contributed by atoms with Crippen LogP contribution in [0.1, 0.15) is 6.42 Å². The largest absolute Gasteiger partial charge is 0.457 e. The molecule has 1 fully saturated rings. The molecule has 1 aliphatic heterocycles. The lowest BCUT2D eigenvalue weighted by atomic mass is 10.1. The van der Waals surface area contributed by atoms with Gasteiger partial charge in [-0.05, 0) is 48.1 Å². The molecule has 2 aromatic carbocycles. The Bertz CT molecular complexity index is 612. The van der Waals surface area contributed by atoms with Gasteiger partial charge in [0.1, 0.15) is 11.5 Å². The lowest BCUT2D eigenvalue weighted by Gasteiger charge is -2.17. The Morgan fingerprint density at radius 3 is 2.33 bits per heavy atom. The van der Waals surface area contributed by atoms with Crippen LogP contribution in [0.15, 0.2) is 54.6 Å². The minimum Gasteiger partial charge on any atom is -0.457 e. The molecule has 2 aromatic rings. The number of anilines is 1. The maximum atomic E-state index is 12.0. The monoisotopic (exact) mass is 299 g/mol. The van der Waals surface area contributed by atoms with E-state index in [-0.39, 0.29) is 5.91 Å². The molecule has 0 bridgehead atoms. The highest BCUT2D eigenvalue weighted by Crippen LogP contribution is 2.28. The van der Waals surface area contributed by atoms with Gasteiger partial charge < -0.3 is 9.64 Å². The van der Waals surface area contributed by atoms with Gasteiger partial charge in [-0.2, -0.15) is 12.6 Å². The van der Waals surface area contributed by atoms with Crippen LogP contribution in [0.3, 0.4) is 0 Å². The molecule has 0 aromatic heterocycles. The van der Waals surface area contributed by atoms with Crippen LogP contribution in [0, 0.1) is 5.92 Å². The zero-order chi connectivity index (χ0) is 14.7. The second-order valence-corrected chi connectivity index (χ2v) is 5.53. The molecule has 0 saturated carbocycles. The molecule has 1 atom stereocenters. The van der Waals surface area contributed by atoms with Crippen molar-refractivity contribution in [2.75, 3.05) is 17.2 Å². The third-order valence-corrected chi connectivity index (χ3v) is 4.11. The molecule has 0 radical (unpaired) electrons. The van der Waals surface area contributed by atoms with Crippen LogP contribution in [0.5, 0.6) is 11.5 Å². The van der Waals surface area contributed by atoms with Crippen molar-refractivity contribution in [3.05, 3.63) is 54.6 Å². The maximum absolute atomic E-state index is 12.0. The van der Waals surface area contributed by atoms with E-state index in [1.807, 2.05) is 59.5 Å². The van der Waals surface area contributed by atoms with E-state index < -0.39 is 0 Å². The zero-order valence-electron chi connectivity index (χ0n) is 11.6. The van der Waals surface area contributed by atoms with Crippen molar-refractivity contribution in [3.8, 4) is 11.5 Å². The summed E-state index contributed by atoms with van der Waals surface area (Å²) in [5.74, 6) is 2.84. The van der Waals surface area contributed by atoms with E-state index in [1.54, 1.807) is 0 Å². The highest BCUT2D eigenvalue weighted by molar-refractivity contribution is 7.80. The van der Waals surface area contributed by atoms with Gasteiger partial charge in [-0.3, -0.25) is 4.79 Å². The fourth-order valence-corrected chi connectivity index (χ4v) is 2.72. The summed E-state index contributed by atoms with van der Waals surface area (Å²) < 4.78 is 5.75. The van der Waals surface area contributed by atoms with Crippen LogP contribution in [-0.2, 0) is 4.79 Å². The van der Waals surface area contributed by atoms with Gasteiger partial charge >= 0.3 is 0 Å². The summed E-state index contributed by atoms with van der Waals surface area (Å²) in [5, 5.41) is 0. The molecule has 3 nitrogen and oxygen atoms in total. The first-order chi connectivity index (χ1) is 10.3. The van der Waals surface area contributed by atoms with Gasteiger partial charge in [-0.25, -0.2) is 0 Å². The van der Waals surface area contributed by atoms with E-state index in [9.17, 15) is 4.79 Å². The summed E-state index contributed by atoms with van der Waals surface area (Å²) in [6.07, 6.45) is 0.589. The predicted octanol–water partition coefficient (Wildman–Crippen LogP) is 3.76. The average molecular weight is 299 g/mol. The maximum Gasteiger partial charge on any atom is 0.227 e. The van der Waals surface area contributed by atoms with Gasteiger partial charge in [0.2, 0.25) is 5.91 Å². The topological polar surface area (TPSA) is 29.5 Å². The second kappa shape index (κ2) is 6.22. The summed E-state index contributed by atoms with van der Waals surface area (Å²) in [5.41, 5.74) is 0.921. The molecule has 108 valence electrons. The van der Waals surface area contributed by atoms with Gasteiger partial charge in [-0.15, -0.1) is 0 Å². The van der Waals surface area contributed by atoms with Crippen LogP contribution in [0.25, 0.3) is 0 Å². The summed E-state index contributed by atoms with van der Waals surface area (Å²) in [7, 11) is 0. The van der Waals surface area contributed by atoms with E-state index in [1.165, 1.54) is 0 Å². The Labute approximate surface area is 129 Å². The van der Waals surface area contributed by atoms with Gasteiger partial charge in [-0.1, -0.05) is 18.2 Å². The second-order valence-electron chi connectivity index (χ2n) is 5.17. The summed E-state index contributed by atoms with van der Waals surface area (Å²) >= 11 is 4.28. The predicted molar refractivity (Wildman–Crippen MR) is 87.3 cm³/mol. The average Bonchev–Trinajstić information content (AvgIpc) is 2.90. The van der Waals surface area contributed by atoms with E-state index in [0.29, 0.717) is 12.3 Å². The minimum absolute atomic E-state index is 0.172.